The lowest BCUT2D eigenvalue weighted by Gasteiger charge is -2.22. The zero-order chi connectivity index (χ0) is 18.4. The summed E-state index contributed by atoms with van der Waals surface area (Å²) in [6.07, 6.45) is 5.70. The number of nitrogens with one attached hydrogen (secondary N) is 3. The van der Waals surface area contributed by atoms with Crippen LogP contribution in [-0.4, -0.2) is 18.0 Å². The molecule has 0 bridgehead atoms. The zero-order valence-corrected chi connectivity index (χ0v) is 15.2. The fraction of sp³-hybridized carbons (Fsp3) is 0.300. The van der Waals surface area contributed by atoms with Crippen molar-refractivity contribution in [2.75, 3.05) is 10.6 Å². The number of hydrogen-bond donors (Lipinski definition) is 3. The molecule has 1 aliphatic carbocycles. The second-order valence-electron chi connectivity index (χ2n) is 6.44. The van der Waals surface area contributed by atoms with E-state index in [1.54, 1.807) is 48.5 Å². The zero-order valence-electron chi connectivity index (χ0n) is 14.4. The molecule has 0 atom stereocenters. The molecular formula is C20H22ClN3O2. The van der Waals surface area contributed by atoms with Crippen LogP contribution in [-0.2, 0) is 0 Å². The van der Waals surface area contributed by atoms with Crippen molar-refractivity contribution in [3.63, 3.8) is 0 Å². The molecule has 3 amide bonds. The topological polar surface area (TPSA) is 70.2 Å². The van der Waals surface area contributed by atoms with Crippen LogP contribution in [0.15, 0.2) is 48.5 Å². The summed E-state index contributed by atoms with van der Waals surface area (Å²) in [6.45, 7) is 0. The lowest BCUT2D eigenvalue weighted by molar-refractivity contribution is 0.0927. The van der Waals surface area contributed by atoms with Gasteiger partial charge < -0.3 is 16.0 Å². The fourth-order valence-electron chi connectivity index (χ4n) is 3.07. The first-order chi connectivity index (χ1) is 12.6. The molecule has 6 heteroatoms. The minimum atomic E-state index is -0.391. The standard InChI is InChI=1S/C20H22ClN3O2/c21-17-8-4-5-9-18(17)24-20(26)23-16-12-10-14(11-13-16)19(25)22-15-6-2-1-3-7-15/h4-5,8-13,15H,1-3,6-7H2,(H,22,25)(H2,23,24,26). The van der Waals surface area contributed by atoms with Crippen molar-refractivity contribution in [1.29, 1.82) is 0 Å². The van der Waals surface area contributed by atoms with Gasteiger partial charge in [-0.3, -0.25) is 4.79 Å². The van der Waals surface area contributed by atoms with Gasteiger partial charge in [-0.1, -0.05) is 43.0 Å². The first-order valence-corrected chi connectivity index (χ1v) is 9.23. The lowest BCUT2D eigenvalue weighted by Crippen LogP contribution is -2.36. The molecule has 0 spiro atoms. The van der Waals surface area contributed by atoms with Crippen molar-refractivity contribution in [2.45, 2.75) is 38.1 Å². The molecule has 0 aliphatic heterocycles. The molecule has 5 nitrogen and oxygen atoms in total. The number of urea groups is 1. The van der Waals surface area contributed by atoms with E-state index in [-0.39, 0.29) is 11.9 Å². The third kappa shape index (κ3) is 4.99. The third-order valence-electron chi connectivity index (χ3n) is 4.47. The molecule has 0 unspecified atom stereocenters. The normalized spacial score (nSPS) is 14.5. The van der Waals surface area contributed by atoms with Gasteiger partial charge in [-0.25, -0.2) is 4.79 Å². The van der Waals surface area contributed by atoms with Gasteiger partial charge in [0, 0.05) is 17.3 Å². The molecule has 2 aromatic rings. The predicted molar refractivity (Wildman–Crippen MR) is 105 cm³/mol. The van der Waals surface area contributed by atoms with Gasteiger partial charge in [-0.05, 0) is 49.2 Å². The molecule has 1 aliphatic rings. The third-order valence-corrected chi connectivity index (χ3v) is 4.80. The summed E-state index contributed by atoms with van der Waals surface area (Å²) in [7, 11) is 0. The minimum Gasteiger partial charge on any atom is -0.349 e. The molecule has 0 heterocycles. The number of para-hydroxylation sites is 1. The van der Waals surface area contributed by atoms with Gasteiger partial charge in [-0.2, -0.15) is 0 Å². The average Bonchev–Trinajstić information content (AvgIpc) is 2.65. The molecular weight excluding hydrogens is 350 g/mol. The van der Waals surface area contributed by atoms with Gasteiger partial charge in [0.05, 0.1) is 10.7 Å². The highest BCUT2D eigenvalue weighted by atomic mass is 35.5. The van der Waals surface area contributed by atoms with E-state index in [0.717, 1.165) is 12.8 Å². The molecule has 3 N–H and O–H groups in total. The van der Waals surface area contributed by atoms with Crippen LogP contribution in [0.5, 0.6) is 0 Å². The number of benzene rings is 2. The minimum absolute atomic E-state index is 0.0658. The van der Waals surface area contributed by atoms with Crippen LogP contribution in [0.2, 0.25) is 5.02 Å². The maximum Gasteiger partial charge on any atom is 0.323 e. The monoisotopic (exact) mass is 371 g/mol. The lowest BCUT2D eigenvalue weighted by atomic mass is 9.95. The molecule has 3 rings (SSSR count). The Kier molecular flexibility index (Phi) is 6.12. The summed E-state index contributed by atoms with van der Waals surface area (Å²) in [6, 6.07) is 13.7. The number of hydrogen-bond acceptors (Lipinski definition) is 2. The van der Waals surface area contributed by atoms with Gasteiger partial charge in [0.2, 0.25) is 0 Å². The molecule has 1 fully saturated rings. The second kappa shape index (κ2) is 8.72. The van der Waals surface area contributed by atoms with Crippen LogP contribution in [0, 0.1) is 0 Å². The van der Waals surface area contributed by atoms with Crippen molar-refractivity contribution in [1.82, 2.24) is 5.32 Å². The quantitative estimate of drug-likeness (QED) is 0.704. The van der Waals surface area contributed by atoms with Crippen molar-refractivity contribution in [3.8, 4) is 0 Å². The maximum atomic E-state index is 12.3. The highest BCUT2D eigenvalue weighted by Gasteiger charge is 2.16. The highest BCUT2D eigenvalue weighted by Crippen LogP contribution is 2.21. The Morgan fingerprint density at radius 1 is 0.885 bits per heavy atom. The second-order valence-corrected chi connectivity index (χ2v) is 6.85. The summed E-state index contributed by atoms with van der Waals surface area (Å²) in [4.78, 5) is 24.4. The fourth-order valence-corrected chi connectivity index (χ4v) is 3.25. The molecule has 0 aromatic heterocycles. The Morgan fingerprint density at radius 2 is 1.58 bits per heavy atom. The largest absolute Gasteiger partial charge is 0.349 e. The van der Waals surface area contributed by atoms with Crippen LogP contribution < -0.4 is 16.0 Å². The van der Waals surface area contributed by atoms with E-state index in [0.29, 0.717) is 22.0 Å². The first kappa shape index (κ1) is 18.3. The van der Waals surface area contributed by atoms with E-state index < -0.39 is 6.03 Å². The Balaban J connectivity index is 1.54. The molecule has 0 radical (unpaired) electrons. The summed E-state index contributed by atoms with van der Waals surface area (Å²) in [5.41, 5.74) is 1.73. The average molecular weight is 372 g/mol. The van der Waals surface area contributed by atoms with E-state index in [4.69, 9.17) is 11.6 Å². The van der Waals surface area contributed by atoms with Gasteiger partial charge in [-0.15, -0.1) is 0 Å². The molecule has 1 saturated carbocycles. The number of halogens is 1. The smallest absolute Gasteiger partial charge is 0.323 e. The Morgan fingerprint density at radius 3 is 2.27 bits per heavy atom. The van der Waals surface area contributed by atoms with Crippen molar-refractivity contribution in [3.05, 3.63) is 59.1 Å². The van der Waals surface area contributed by atoms with Crippen LogP contribution in [0.3, 0.4) is 0 Å². The number of amides is 3. The predicted octanol–water partition coefficient (Wildman–Crippen LogP) is 5.05. The van der Waals surface area contributed by atoms with E-state index in [9.17, 15) is 9.59 Å². The SMILES string of the molecule is O=C(Nc1ccc(C(=O)NC2CCCCC2)cc1)Nc1ccccc1Cl. The van der Waals surface area contributed by atoms with E-state index in [2.05, 4.69) is 16.0 Å². The molecule has 2 aromatic carbocycles. The van der Waals surface area contributed by atoms with Crippen LogP contribution in [0.4, 0.5) is 16.2 Å². The van der Waals surface area contributed by atoms with Gasteiger partial charge in [0.1, 0.15) is 0 Å². The number of carbonyl (C=O) groups is 2. The van der Waals surface area contributed by atoms with Crippen molar-refractivity contribution in [2.24, 2.45) is 0 Å². The molecule has 0 saturated heterocycles. The van der Waals surface area contributed by atoms with Crippen molar-refractivity contribution >= 4 is 34.9 Å². The molecule has 26 heavy (non-hydrogen) atoms. The Bertz CT molecular complexity index is 771. The number of carbonyl (C=O) groups excluding carboxylic acids is 2. The maximum absolute atomic E-state index is 12.3. The van der Waals surface area contributed by atoms with Crippen LogP contribution in [0.1, 0.15) is 42.5 Å². The van der Waals surface area contributed by atoms with Crippen LogP contribution >= 0.6 is 11.6 Å². The van der Waals surface area contributed by atoms with Crippen LogP contribution in [0.25, 0.3) is 0 Å². The summed E-state index contributed by atoms with van der Waals surface area (Å²) in [5.74, 6) is -0.0658. The summed E-state index contributed by atoms with van der Waals surface area (Å²) in [5, 5.41) is 8.96. The number of anilines is 2. The summed E-state index contributed by atoms with van der Waals surface area (Å²) < 4.78 is 0. The number of rotatable bonds is 4. The highest BCUT2D eigenvalue weighted by molar-refractivity contribution is 6.33. The first-order valence-electron chi connectivity index (χ1n) is 8.85. The van der Waals surface area contributed by atoms with E-state index in [1.807, 2.05) is 0 Å². The summed E-state index contributed by atoms with van der Waals surface area (Å²) >= 11 is 6.02. The van der Waals surface area contributed by atoms with Gasteiger partial charge in [0.15, 0.2) is 0 Å². The van der Waals surface area contributed by atoms with Gasteiger partial charge >= 0.3 is 6.03 Å². The Labute approximate surface area is 158 Å². The van der Waals surface area contributed by atoms with Gasteiger partial charge in [0.25, 0.3) is 5.91 Å². The Hall–Kier alpha value is -2.53. The van der Waals surface area contributed by atoms with Crippen molar-refractivity contribution < 1.29 is 9.59 Å². The molecule has 136 valence electrons. The van der Waals surface area contributed by atoms with E-state index in [1.165, 1.54) is 19.3 Å². The van der Waals surface area contributed by atoms with E-state index >= 15 is 0 Å².